The van der Waals surface area contributed by atoms with E-state index < -0.39 is 17.6 Å². The van der Waals surface area contributed by atoms with E-state index in [0.717, 1.165) is 12.5 Å². The molecule has 2 aromatic rings. The van der Waals surface area contributed by atoms with Crippen molar-refractivity contribution in [2.45, 2.75) is 20.3 Å². The number of ether oxygens (including phenoxy) is 2. The lowest BCUT2D eigenvalue weighted by atomic mass is 10.1. The van der Waals surface area contributed by atoms with Crippen LogP contribution >= 0.6 is 0 Å². The van der Waals surface area contributed by atoms with E-state index in [9.17, 15) is 14.0 Å². The van der Waals surface area contributed by atoms with E-state index in [1.165, 1.54) is 31.4 Å². The SMILES string of the molecule is COc1cc(C(=O)NNC(=O)c2cccc(F)c2)ccc1OCCC(C)C. The summed E-state index contributed by atoms with van der Waals surface area (Å²) in [6.45, 7) is 4.75. The second-order valence-electron chi connectivity index (χ2n) is 6.32. The molecule has 2 aromatic carbocycles. The number of carbonyl (C=O) groups is 2. The van der Waals surface area contributed by atoms with Crippen molar-refractivity contribution in [2.24, 2.45) is 5.92 Å². The van der Waals surface area contributed by atoms with Crippen LogP contribution in [0.15, 0.2) is 42.5 Å². The summed E-state index contributed by atoms with van der Waals surface area (Å²) in [6.07, 6.45) is 0.900. The number of methoxy groups -OCH3 is 1. The quantitative estimate of drug-likeness (QED) is 0.729. The van der Waals surface area contributed by atoms with Crippen LogP contribution in [0.2, 0.25) is 0 Å². The van der Waals surface area contributed by atoms with Crippen molar-refractivity contribution in [1.29, 1.82) is 0 Å². The summed E-state index contributed by atoms with van der Waals surface area (Å²) in [5.41, 5.74) is 4.91. The zero-order chi connectivity index (χ0) is 19.8. The number of hydrogen-bond donors (Lipinski definition) is 2. The maximum absolute atomic E-state index is 13.2. The van der Waals surface area contributed by atoms with Crippen molar-refractivity contribution in [3.8, 4) is 11.5 Å². The van der Waals surface area contributed by atoms with Crippen LogP contribution in [0.5, 0.6) is 11.5 Å². The first-order valence-corrected chi connectivity index (χ1v) is 8.57. The Morgan fingerprint density at radius 2 is 1.67 bits per heavy atom. The van der Waals surface area contributed by atoms with E-state index in [2.05, 4.69) is 24.7 Å². The number of halogens is 1. The Balaban J connectivity index is 1.98. The normalized spacial score (nSPS) is 10.4. The fourth-order valence-electron chi connectivity index (χ4n) is 2.22. The first-order valence-electron chi connectivity index (χ1n) is 8.57. The summed E-state index contributed by atoms with van der Waals surface area (Å²) < 4.78 is 24.1. The molecule has 2 amide bonds. The van der Waals surface area contributed by atoms with Gasteiger partial charge < -0.3 is 9.47 Å². The minimum atomic E-state index is -0.622. The molecule has 144 valence electrons. The van der Waals surface area contributed by atoms with Crippen LogP contribution in [0.4, 0.5) is 4.39 Å². The number of carbonyl (C=O) groups excluding carboxylic acids is 2. The average molecular weight is 374 g/mol. The van der Waals surface area contributed by atoms with Crippen molar-refractivity contribution in [2.75, 3.05) is 13.7 Å². The van der Waals surface area contributed by atoms with Gasteiger partial charge in [0, 0.05) is 11.1 Å². The molecule has 0 aliphatic carbocycles. The van der Waals surface area contributed by atoms with Crippen LogP contribution in [-0.4, -0.2) is 25.5 Å². The summed E-state index contributed by atoms with van der Waals surface area (Å²) in [5, 5.41) is 0. The summed E-state index contributed by atoms with van der Waals surface area (Å²) in [6, 6.07) is 9.89. The summed E-state index contributed by atoms with van der Waals surface area (Å²) >= 11 is 0. The molecule has 0 saturated heterocycles. The summed E-state index contributed by atoms with van der Waals surface area (Å²) in [4.78, 5) is 24.2. The van der Waals surface area contributed by atoms with Gasteiger partial charge in [-0.3, -0.25) is 20.4 Å². The van der Waals surface area contributed by atoms with Gasteiger partial charge in [0.1, 0.15) is 5.82 Å². The Morgan fingerprint density at radius 1 is 1.00 bits per heavy atom. The molecule has 2 rings (SSSR count). The Kier molecular flexibility index (Phi) is 7.16. The topological polar surface area (TPSA) is 76.7 Å². The smallest absolute Gasteiger partial charge is 0.269 e. The molecule has 7 heteroatoms. The van der Waals surface area contributed by atoms with Gasteiger partial charge in [0.15, 0.2) is 11.5 Å². The lowest BCUT2D eigenvalue weighted by molar-refractivity contribution is 0.0846. The van der Waals surface area contributed by atoms with Crippen molar-refractivity contribution < 1.29 is 23.5 Å². The zero-order valence-corrected chi connectivity index (χ0v) is 15.5. The second-order valence-corrected chi connectivity index (χ2v) is 6.32. The van der Waals surface area contributed by atoms with Gasteiger partial charge in [0.05, 0.1) is 13.7 Å². The molecule has 0 spiro atoms. The molecule has 0 heterocycles. The molecule has 0 aromatic heterocycles. The number of hydrazine groups is 1. The fraction of sp³-hybridized carbons (Fsp3) is 0.300. The molecule has 0 unspecified atom stereocenters. The maximum atomic E-state index is 13.2. The highest BCUT2D eigenvalue weighted by atomic mass is 19.1. The van der Waals surface area contributed by atoms with E-state index >= 15 is 0 Å². The van der Waals surface area contributed by atoms with Gasteiger partial charge in [-0.05, 0) is 48.7 Å². The zero-order valence-electron chi connectivity index (χ0n) is 15.5. The molecule has 0 radical (unpaired) electrons. The summed E-state index contributed by atoms with van der Waals surface area (Å²) in [5.74, 6) is -0.217. The third-order valence-corrected chi connectivity index (χ3v) is 3.75. The maximum Gasteiger partial charge on any atom is 0.269 e. The molecular weight excluding hydrogens is 351 g/mol. The van der Waals surface area contributed by atoms with E-state index in [0.29, 0.717) is 24.0 Å². The van der Waals surface area contributed by atoms with E-state index in [1.54, 1.807) is 12.1 Å². The van der Waals surface area contributed by atoms with Crippen LogP contribution in [0.3, 0.4) is 0 Å². The number of hydrogen-bond acceptors (Lipinski definition) is 4. The molecule has 0 saturated carbocycles. The highest BCUT2D eigenvalue weighted by Crippen LogP contribution is 2.28. The van der Waals surface area contributed by atoms with Gasteiger partial charge >= 0.3 is 0 Å². The molecule has 27 heavy (non-hydrogen) atoms. The lowest BCUT2D eigenvalue weighted by Gasteiger charge is -2.13. The highest BCUT2D eigenvalue weighted by Gasteiger charge is 2.13. The molecule has 0 bridgehead atoms. The Labute approximate surface area is 157 Å². The monoisotopic (exact) mass is 374 g/mol. The van der Waals surface area contributed by atoms with Crippen molar-refractivity contribution in [1.82, 2.24) is 10.9 Å². The van der Waals surface area contributed by atoms with Gasteiger partial charge in [0.2, 0.25) is 0 Å². The van der Waals surface area contributed by atoms with E-state index in [4.69, 9.17) is 9.47 Å². The molecule has 2 N–H and O–H groups in total. The Morgan fingerprint density at radius 3 is 2.26 bits per heavy atom. The minimum absolute atomic E-state index is 0.0989. The van der Waals surface area contributed by atoms with Crippen LogP contribution in [-0.2, 0) is 0 Å². The van der Waals surface area contributed by atoms with Crippen molar-refractivity contribution in [3.63, 3.8) is 0 Å². The van der Waals surface area contributed by atoms with Crippen LogP contribution in [0.25, 0.3) is 0 Å². The van der Waals surface area contributed by atoms with Crippen LogP contribution in [0.1, 0.15) is 41.0 Å². The van der Waals surface area contributed by atoms with Crippen molar-refractivity contribution in [3.05, 3.63) is 59.4 Å². The second kappa shape index (κ2) is 9.56. The fourth-order valence-corrected chi connectivity index (χ4v) is 2.22. The van der Waals surface area contributed by atoms with Gasteiger partial charge in [0.25, 0.3) is 11.8 Å². The third kappa shape index (κ3) is 5.99. The first kappa shape index (κ1) is 20.2. The number of rotatable bonds is 7. The molecule has 0 fully saturated rings. The lowest BCUT2D eigenvalue weighted by Crippen LogP contribution is -2.41. The number of nitrogens with one attached hydrogen (secondary N) is 2. The molecular formula is C20H23FN2O4. The Hall–Kier alpha value is -3.09. The number of amides is 2. The average Bonchev–Trinajstić information content (AvgIpc) is 2.65. The molecule has 6 nitrogen and oxygen atoms in total. The first-order chi connectivity index (χ1) is 12.9. The standard InChI is InChI=1S/C20H23FN2O4/c1-13(2)9-10-27-17-8-7-15(12-18(17)26-3)20(25)23-22-19(24)14-5-4-6-16(21)11-14/h4-8,11-13H,9-10H2,1-3H3,(H,22,24)(H,23,25). The summed E-state index contributed by atoms with van der Waals surface area (Å²) in [7, 11) is 1.48. The predicted molar refractivity (Wildman–Crippen MR) is 99.3 cm³/mol. The van der Waals surface area contributed by atoms with Crippen molar-refractivity contribution >= 4 is 11.8 Å². The largest absolute Gasteiger partial charge is 0.493 e. The van der Waals surface area contributed by atoms with E-state index in [-0.39, 0.29) is 11.1 Å². The predicted octanol–water partition coefficient (Wildman–Crippen LogP) is 3.33. The van der Waals surface area contributed by atoms with Crippen LogP contribution < -0.4 is 20.3 Å². The van der Waals surface area contributed by atoms with Gasteiger partial charge in [-0.15, -0.1) is 0 Å². The van der Waals surface area contributed by atoms with Gasteiger partial charge in [-0.25, -0.2) is 4.39 Å². The Bertz CT molecular complexity index is 808. The molecule has 0 aliphatic heterocycles. The van der Waals surface area contributed by atoms with Gasteiger partial charge in [-0.1, -0.05) is 19.9 Å². The van der Waals surface area contributed by atoms with E-state index in [1.807, 2.05) is 0 Å². The highest BCUT2D eigenvalue weighted by molar-refractivity contribution is 5.99. The van der Waals surface area contributed by atoms with Gasteiger partial charge in [-0.2, -0.15) is 0 Å². The third-order valence-electron chi connectivity index (χ3n) is 3.75. The number of benzene rings is 2. The van der Waals surface area contributed by atoms with Crippen LogP contribution in [0, 0.1) is 11.7 Å². The molecule has 0 atom stereocenters. The molecule has 0 aliphatic rings. The minimum Gasteiger partial charge on any atom is -0.493 e.